The van der Waals surface area contributed by atoms with Gasteiger partial charge in [-0.25, -0.2) is 4.79 Å². The number of rotatable bonds is 4. The van der Waals surface area contributed by atoms with Gasteiger partial charge in [-0.05, 0) is 19.8 Å². The zero-order chi connectivity index (χ0) is 14.5. The van der Waals surface area contributed by atoms with Crippen molar-refractivity contribution >= 4 is 23.7 Å². The summed E-state index contributed by atoms with van der Waals surface area (Å²) < 4.78 is 0.250. The van der Waals surface area contributed by atoms with Crippen molar-refractivity contribution in [2.45, 2.75) is 44.4 Å². The van der Waals surface area contributed by atoms with E-state index in [1.54, 1.807) is 0 Å². The molecule has 110 valence electrons. The van der Waals surface area contributed by atoms with Gasteiger partial charge in [0.25, 0.3) is 0 Å². The minimum Gasteiger partial charge on any atom is -0.341 e. The Morgan fingerprint density at radius 2 is 2.00 bits per heavy atom. The summed E-state index contributed by atoms with van der Waals surface area (Å²) in [6.07, 6.45) is 2.21. The molecule has 6 heteroatoms. The SMILES string of the molecule is CCC1(CC)CN([C@@H](C)C(=O)NC(=O)NC)CCS1. The molecule has 1 aliphatic heterocycles. The molecular formula is C13H25N3O2S. The van der Waals surface area contributed by atoms with Crippen molar-refractivity contribution < 1.29 is 9.59 Å². The van der Waals surface area contributed by atoms with Crippen LogP contribution in [0.15, 0.2) is 0 Å². The number of hydrogen-bond acceptors (Lipinski definition) is 4. The van der Waals surface area contributed by atoms with Crippen LogP contribution in [0.3, 0.4) is 0 Å². The van der Waals surface area contributed by atoms with Gasteiger partial charge in [-0.2, -0.15) is 11.8 Å². The van der Waals surface area contributed by atoms with Crippen LogP contribution in [0.1, 0.15) is 33.6 Å². The van der Waals surface area contributed by atoms with E-state index in [0.717, 1.165) is 31.7 Å². The molecule has 0 spiro atoms. The van der Waals surface area contributed by atoms with Gasteiger partial charge >= 0.3 is 6.03 Å². The highest BCUT2D eigenvalue weighted by Crippen LogP contribution is 2.37. The summed E-state index contributed by atoms with van der Waals surface area (Å²) in [6.45, 7) is 8.08. The molecule has 0 aromatic heterocycles. The van der Waals surface area contributed by atoms with E-state index in [9.17, 15) is 9.59 Å². The Morgan fingerprint density at radius 1 is 1.37 bits per heavy atom. The van der Waals surface area contributed by atoms with Crippen molar-refractivity contribution in [3.05, 3.63) is 0 Å². The summed E-state index contributed by atoms with van der Waals surface area (Å²) in [4.78, 5) is 25.3. The molecule has 3 amide bonds. The molecule has 0 radical (unpaired) electrons. The smallest absolute Gasteiger partial charge is 0.321 e. The zero-order valence-corrected chi connectivity index (χ0v) is 13.1. The first-order chi connectivity index (χ1) is 8.98. The molecule has 19 heavy (non-hydrogen) atoms. The summed E-state index contributed by atoms with van der Waals surface area (Å²) in [6, 6.07) is -0.712. The Balaban J connectivity index is 2.63. The predicted molar refractivity (Wildman–Crippen MR) is 79.4 cm³/mol. The van der Waals surface area contributed by atoms with E-state index in [1.807, 2.05) is 18.7 Å². The van der Waals surface area contributed by atoms with Gasteiger partial charge in [-0.15, -0.1) is 0 Å². The van der Waals surface area contributed by atoms with E-state index in [4.69, 9.17) is 0 Å². The Morgan fingerprint density at radius 3 is 2.53 bits per heavy atom. The molecule has 0 aromatic rings. The van der Waals surface area contributed by atoms with Crippen LogP contribution < -0.4 is 10.6 Å². The second-order valence-electron chi connectivity index (χ2n) is 4.95. The van der Waals surface area contributed by atoms with Crippen LogP contribution in [0.5, 0.6) is 0 Å². The van der Waals surface area contributed by atoms with E-state index in [1.165, 1.54) is 7.05 Å². The summed E-state index contributed by atoms with van der Waals surface area (Å²) >= 11 is 2.01. The highest BCUT2D eigenvalue weighted by Gasteiger charge is 2.36. The first-order valence-electron chi connectivity index (χ1n) is 6.88. The summed E-state index contributed by atoms with van der Waals surface area (Å²) in [5.74, 6) is 0.812. The van der Waals surface area contributed by atoms with Crippen molar-refractivity contribution in [3.8, 4) is 0 Å². The maximum absolute atomic E-state index is 12.0. The molecule has 1 fully saturated rings. The molecule has 1 aliphatic rings. The maximum atomic E-state index is 12.0. The number of urea groups is 1. The number of nitrogens with zero attached hydrogens (tertiary/aromatic N) is 1. The largest absolute Gasteiger partial charge is 0.341 e. The maximum Gasteiger partial charge on any atom is 0.321 e. The number of carbonyl (C=O) groups excluding carboxylic acids is 2. The number of imide groups is 1. The van der Waals surface area contributed by atoms with E-state index in [2.05, 4.69) is 29.4 Å². The summed E-state index contributed by atoms with van der Waals surface area (Å²) in [5, 5.41) is 4.75. The van der Waals surface area contributed by atoms with Crippen LogP contribution >= 0.6 is 11.8 Å². The van der Waals surface area contributed by atoms with Crippen molar-refractivity contribution in [3.63, 3.8) is 0 Å². The Kier molecular flexibility index (Phi) is 6.13. The topological polar surface area (TPSA) is 61.4 Å². The molecule has 0 saturated carbocycles. The molecule has 1 heterocycles. The summed E-state index contributed by atoms with van der Waals surface area (Å²) in [5.41, 5.74) is 0. The van der Waals surface area contributed by atoms with Crippen LogP contribution in [0, 0.1) is 0 Å². The van der Waals surface area contributed by atoms with E-state index in [0.29, 0.717) is 0 Å². The first kappa shape index (κ1) is 16.3. The number of amides is 3. The lowest BCUT2D eigenvalue weighted by molar-refractivity contribution is -0.124. The fourth-order valence-corrected chi connectivity index (χ4v) is 3.75. The third-order valence-electron chi connectivity index (χ3n) is 3.96. The second kappa shape index (κ2) is 7.14. The van der Waals surface area contributed by atoms with Gasteiger partial charge < -0.3 is 5.32 Å². The molecule has 0 bridgehead atoms. The average molecular weight is 287 g/mol. The molecule has 1 rings (SSSR count). The van der Waals surface area contributed by atoms with E-state index in [-0.39, 0.29) is 16.7 Å². The minimum atomic E-state index is -0.444. The molecule has 1 saturated heterocycles. The molecule has 0 unspecified atom stereocenters. The lowest BCUT2D eigenvalue weighted by atomic mass is 10.00. The van der Waals surface area contributed by atoms with Crippen LogP contribution in [0.2, 0.25) is 0 Å². The zero-order valence-electron chi connectivity index (χ0n) is 12.3. The third-order valence-corrected chi connectivity index (χ3v) is 5.66. The van der Waals surface area contributed by atoms with Gasteiger partial charge in [-0.3, -0.25) is 15.0 Å². The van der Waals surface area contributed by atoms with E-state index < -0.39 is 6.03 Å². The normalized spacial score (nSPS) is 20.6. The van der Waals surface area contributed by atoms with Gasteiger partial charge in [-0.1, -0.05) is 13.8 Å². The number of nitrogens with one attached hydrogen (secondary N) is 2. The second-order valence-corrected chi connectivity index (χ2v) is 6.52. The highest BCUT2D eigenvalue weighted by molar-refractivity contribution is 8.00. The van der Waals surface area contributed by atoms with Gasteiger partial charge in [0.05, 0.1) is 6.04 Å². The Labute approximate surface area is 119 Å². The molecule has 2 N–H and O–H groups in total. The van der Waals surface area contributed by atoms with Crippen molar-refractivity contribution in [1.29, 1.82) is 0 Å². The third kappa shape index (κ3) is 4.11. The van der Waals surface area contributed by atoms with Crippen LogP contribution in [0.25, 0.3) is 0 Å². The Hall–Kier alpha value is -0.750. The fourth-order valence-electron chi connectivity index (χ4n) is 2.33. The van der Waals surface area contributed by atoms with Crippen LogP contribution in [-0.2, 0) is 4.79 Å². The van der Waals surface area contributed by atoms with Gasteiger partial charge in [0.2, 0.25) is 5.91 Å². The molecular weight excluding hydrogens is 262 g/mol. The highest BCUT2D eigenvalue weighted by atomic mass is 32.2. The average Bonchev–Trinajstić information content (AvgIpc) is 2.46. The quantitative estimate of drug-likeness (QED) is 0.821. The van der Waals surface area contributed by atoms with Gasteiger partial charge in [0.1, 0.15) is 0 Å². The number of thioether (sulfide) groups is 1. The number of carbonyl (C=O) groups is 2. The minimum absolute atomic E-state index is 0.229. The van der Waals surface area contributed by atoms with Gasteiger partial charge in [0, 0.05) is 30.6 Å². The standard InChI is InChI=1S/C13H25N3O2S/c1-5-13(6-2)9-16(7-8-19-13)10(3)11(17)15-12(18)14-4/h10H,5-9H2,1-4H3,(H2,14,15,17,18)/t10-/m0/s1. The molecule has 1 atom stereocenters. The van der Waals surface area contributed by atoms with Crippen molar-refractivity contribution in [1.82, 2.24) is 15.5 Å². The molecule has 5 nitrogen and oxygen atoms in total. The lowest BCUT2D eigenvalue weighted by Gasteiger charge is -2.43. The fraction of sp³-hybridized carbons (Fsp3) is 0.846. The summed E-state index contributed by atoms with van der Waals surface area (Å²) in [7, 11) is 1.50. The van der Waals surface area contributed by atoms with Gasteiger partial charge in [0.15, 0.2) is 0 Å². The van der Waals surface area contributed by atoms with E-state index >= 15 is 0 Å². The van der Waals surface area contributed by atoms with Crippen LogP contribution in [-0.4, -0.2) is 53.5 Å². The van der Waals surface area contributed by atoms with Crippen molar-refractivity contribution in [2.24, 2.45) is 0 Å². The predicted octanol–water partition coefficient (Wildman–Crippen LogP) is 1.44. The molecule has 0 aromatic carbocycles. The first-order valence-corrected chi connectivity index (χ1v) is 7.87. The number of hydrogen-bond donors (Lipinski definition) is 2. The van der Waals surface area contributed by atoms with Crippen molar-refractivity contribution in [2.75, 3.05) is 25.9 Å². The lowest BCUT2D eigenvalue weighted by Crippen LogP contribution is -2.55. The molecule has 0 aliphatic carbocycles. The monoisotopic (exact) mass is 287 g/mol. The van der Waals surface area contributed by atoms with Crippen LogP contribution in [0.4, 0.5) is 4.79 Å². The Bertz CT molecular complexity index is 332.